The normalized spacial score (nSPS) is 13.3. The highest BCUT2D eigenvalue weighted by atomic mass is 19.2. The minimum Gasteiger partial charge on any atom is -0.389 e. The molecule has 5 heteroatoms. The van der Waals surface area contributed by atoms with Gasteiger partial charge in [0.2, 0.25) is 0 Å². The molecule has 0 heterocycles. The van der Waals surface area contributed by atoms with Crippen LogP contribution in [0, 0.1) is 41.0 Å². The number of aryl methyl sites for hydroxylation is 1. The van der Waals surface area contributed by atoms with Gasteiger partial charge in [0.05, 0.1) is 5.60 Å². The molecule has 1 aromatic carbocycles. The van der Waals surface area contributed by atoms with Gasteiger partial charge in [0, 0.05) is 0 Å². The van der Waals surface area contributed by atoms with Gasteiger partial charge in [-0.2, -0.15) is 0 Å². The lowest BCUT2D eigenvalue weighted by Gasteiger charge is -2.43. The number of halogens is 4. The molecule has 1 aromatic rings. The second-order valence-electron chi connectivity index (χ2n) is 10.4. The molecule has 0 aliphatic heterocycles. The zero-order valence-corrected chi connectivity index (χ0v) is 21.5. The fraction of sp³-hybridized carbons (Fsp3) is 0.786. The fourth-order valence-corrected chi connectivity index (χ4v) is 5.25. The van der Waals surface area contributed by atoms with Crippen molar-refractivity contribution in [1.29, 1.82) is 0 Å². The van der Waals surface area contributed by atoms with Gasteiger partial charge in [0.15, 0.2) is 23.3 Å². The number of rotatable bonds is 17. The van der Waals surface area contributed by atoms with Crippen LogP contribution in [0.3, 0.4) is 0 Å². The lowest BCUT2D eigenvalue weighted by molar-refractivity contribution is -0.102. The summed E-state index contributed by atoms with van der Waals surface area (Å²) in [5, 5.41) is 11.6. The third kappa shape index (κ3) is 8.88. The Labute approximate surface area is 199 Å². The zero-order chi connectivity index (χ0) is 25.0. The largest absolute Gasteiger partial charge is 0.389 e. The Hall–Kier alpha value is -1.10. The molecular weight excluding hydrogens is 428 g/mol. The molecule has 0 bridgehead atoms. The molecule has 0 spiro atoms. The van der Waals surface area contributed by atoms with E-state index in [0.717, 1.165) is 44.6 Å². The maximum atomic E-state index is 13.8. The van der Waals surface area contributed by atoms with Crippen LogP contribution in [0.15, 0.2) is 6.07 Å². The van der Waals surface area contributed by atoms with Gasteiger partial charge in [-0.1, -0.05) is 92.4 Å². The van der Waals surface area contributed by atoms with Crippen LogP contribution in [-0.4, -0.2) is 10.7 Å². The number of benzene rings is 1. The summed E-state index contributed by atoms with van der Waals surface area (Å²) in [7, 11) is 0. The minimum absolute atomic E-state index is 0.110. The van der Waals surface area contributed by atoms with Crippen LogP contribution in [0.4, 0.5) is 17.6 Å². The first kappa shape index (κ1) is 29.9. The number of hydrogen-bond donors (Lipinski definition) is 1. The predicted octanol–water partition coefficient (Wildman–Crippen LogP) is 9.15. The molecular formula is C28H46F4O. The van der Waals surface area contributed by atoms with Crippen LogP contribution in [-0.2, 0) is 6.42 Å². The highest BCUT2D eigenvalue weighted by Gasteiger charge is 2.41. The Kier molecular flexibility index (Phi) is 13.6. The Balaban J connectivity index is 2.56. The van der Waals surface area contributed by atoms with E-state index in [1.54, 1.807) is 0 Å². The molecule has 0 saturated carbocycles. The van der Waals surface area contributed by atoms with E-state index < -0.39 is 28.9 Å². The first-order chi connectivity index (χ1) is 15.6. The van der Waals surface area contributed by atoms with Crippen molar-refractivity contribution >= 4 is 0 Å². The summed E-state index contributed by atoms with van der Waals surface area (Å²) in [5.41, 5.74) is -0.809. The minimum atomic E-state index is -1.75. The SMILES string of the molecule is CCCCCCCCC(CCCCCCc1cc(F)c(F)c(F)c1F)C(O)(C(C)C)C(C)C. The molecule has 192 valence electrons. The van der Waals surface area contributed by atoms with Crippen LogP contribution < -0.4 is 0 Å². The summed E-state index contributed by atoms with van der Waals surface area (Å²) in [6.07, 6.45) is 12.8. The molecule has 0 aliphatic rings. The van der Waals surface area contributed by atoms with E-state index in [1.807, 2.05) is 0 Å². The molecule has 1 N–H and O–H groups in total. The van der Waals surface area contributed by atoms with Crippen molar-refractivity contribution in [3.05, 3.63) is 34.9 Å². The quantitative estimate of drug-likeness (QED) is 0.103. The Morgan fingerprint density at radius 2 is 1.18 bits per heavy atom. The van der Waals surface area contributed by atoms with E-state index in [2.05, 4.69) is 34.6 Å². The lowest BCUT2D eigenvalue weighted by atomic mass is 9.68. The molecule has 0 aromatic heterocycles. The van der Waals surface area contributed by atoms with E-state index >= 15 is 0 Å². The zero-order valence-electron chi connectivity index (χ0n) is 21.5. The molecule has 0 radical (unpaired) electrons. The summed E-state index contributed by atoms with van der Waals surface area (Å²) in [5.74, 6) is -5.53. The average Bonchev–Trinajstić information content (AvgIpc) is 2.77. The van der Waals surface area contributed by atoms with Gasteiger partial charge in [0.1, 0.15) is 0 Å². The van der Waals surface area contributed by atoms with Crippen LogP contribution in [0.2, 0.25) is 0 Å². The summed E-state index contributed by atoms with van der Waals surface area (Å²) in [6, 6.07) is 0.760. The van der Waals surface area contributed by atoms with Gasteiger partial charge in [-0.05, 0) is 55.1 Å². The second kappa shape index (κ2) is 15.0. The van der Waals surface area contributed by atoms with E-state index in [1.165, 1.54) is 32.1 Å². The third-order valence-electron chi connectivity index (χ3n) is 7.34. The van der Waals surface area contributed by atoms with Crippen LogP contribution in [0.5, 0.6) is 0 Å². The van der Waals surface area contributed by atoms with Gasteiger partial charge in [-0.3, -0.25) is 0 Å². The van der Waals surface area contributed by atoms with Gasteiger partial charge < -0.3 is 5.11 Å². The molecule has 1 nitrogen and oxygen atoms in total. The monoisotopic (exact) mass is 474 g/mol. The van der Waals surface area contributed by atoms with Crippen molar-refractivity contribution in [2.75, 3.05) is 0 Å². The summed E-state index contributed by atoms with van der Waals surface area (Å²) in [4.78, 5) is 0. The average molecular weight is 475 g/mol. The first-order valence-corrected chi connectivity index (χ1v) is 13.1. The van der Waals surface area contributed by atoms with Crippen molar-refractivity contribution in [3.63, 3.8) is 0 Å². The Bertz CT molecular complexity index is 679. The van der Waals surface area contributed by atoms with E-state index in [4.69, 9.17) is 0 Å². The third-order valence-corrected chi connectivity index (χ3v) is 7.34. The van der Waals surface area contributed by atoms with Gasteiger partial charge >= 0.3 is 0 Å². The molecule has 0 amide bonds. The van der Waals surface area contributed by atoms with E-state index in [9.17, 15) is 22.7 Å². The van der Waals surface area contributed by atoms with Gasteiger partial charge in [-0.15, -0.1) is 0 Å². The topological polar surface area (TPSA) is 20.2 Å². The number of unbranched alkanes of at least 4 members (excludes halogenated alkanes) is 8. The fourth-order valence-electron chi connectivity index (χ4n) is 5.25. The molecule has 1 atom stereocenters. The van der Waals surface area contributed by atoms with Crippen LogP contribution in [0.1, 0.15) is 117 Å². The first-order valence-electron chi connectivity index (χ1n) is 13.1. The summed E-state index contributed by atoms with van der Waals surface area (Å²) < 4.78 is 53.7. The predicted molar refractivity (Wildman–Crippen MR) is 129 cm³/mol. The molecule has 0 saturated heterocycles. The Morgan fingerprint density at radius 3 is 1.70 bits per heavy atom. The van der Waals surface area contributed by atoms with E-state index in [-0.39, 0.29) is 29.7 Å². The van der Waals surface area contributed by atoms with E-state index in [0.29, 0.717) is 6.42 Å². The van der Waals surface area contributed by atoms with Crippen LogP contribution in [0.25, 0.3) is 0 Å². The molecule has 1 unspecified atom stereocenters. The van der Waals surface area contributed by atoms with Crippen molar-refractivity contribution in [1.82, 2.24) is 0 Å². The highest BCUT2D eigenvalue weighted by molar-refractivity contribution is 5.21. The van der Waals surface area contributed by atoms with Crippen molar-refractivity contribution < 1.29 is 22.7 Å². The maximum absolute atomic E-state index is 13.8. The molecule has 1 rings (SSSR count). The highest BCUT2D eigenvalue weighted by Crippen LogP contribution is 2.39. The second-order valence-corrected chi connectivity index (χ2v) is 10.4. The standard InChI is InChI=1S/C28H46F4O/c1-6-7-8-9-10-14-17-23(28(33,20(2)3)21(4)5)18-15-12-11-13-16-22-19-24(29)26(31)27(32)25(22)30/h19-21,23,33H,6-18H2,1-5H3. The number of aliphatic hydroxyl groups is 1. The number of hydrogen-bond acceptors (Lipinski definition) is 1. The molecule has 33 heavy (non-hydrogen) atoms. The summed E-state index contributed by atoms with van der Waals surface area (Å²) >= 11 is 0. The lowest BCUT2D eigenvalue weighted by Crippen LogP contribution is -2.47. The van der Waals surface area contributed by atoms with Crippen molar-refractivity contribution in [3.8, 4) is 0 Å². The molecule has 0 aliphatic carbocycles. The van der Waals surface area contributed by atoms with Gasteiger partial charge in [-0.25, -0.2) is 17.6 Å². The van der Waals surface area contributed by atoms with Gasteiger partial charge in [0.25, 0.3) is 0 Å². The van der Waals surface area contributed by atoms with Crippen molar-refractivity contribution in [2.24, 2.45) is 17.8 Å². The van der Waals surface area contributed by atoms with Crippen LogP contribution >= 0.6 is 0 Å². The summed E-state index contributed by atoms with van der Waals surface area (Å²) in [6.45, 7) is 10.6. The maximum Gasteiger partial charge on any atom is 0.197 e. The molecule has 0 fully saturated rings. The Morgan fingerprint density at radius 1 is 0.697 bits per heavy atom. The smallest absolute Gasteiger partial charge is 0.197 e. The van der Waals surface area contributed by atoms with Crippen molar-refractivity contribution in [2.45, 2.75) is 124 Å².